The molecule has 2 aromatic rings. The Bertz CT molecular complexity index is 1210. The summed E-state index contributed by atoms with van der Waals surface area (Å²) in [5.41, 5.74) is 1.76. The Morgan fingerprint density at radius 1 is 0.905 bits per heavy atom. The lowest BCUT2D eigenvalue weighted by molar-refractivity contribution is -0.158. The van der Waals surface area contributed by atoms with Crippen molar-refractivity contribution in [2.75, 3.05) is 27.4 Å². The van der Waals surface area contributed by atoms with Gasteiger partial charge in [0.2, 0.25) is 11.7 Å². The molecule has 1 saturated carbocycles. The standard InChI is InChI=1S/C32H46N4O6/c1-22-15-17-35-21-25(33-34-35)13-8-10-18-41-32(38)26-14-7-9-16-36(26)31(37)29(23-11-5-4-6-12-23)24-19-27(39-2)30(40-3)28(20-24)42-22/h19-23,26,29H,4-18H2,1-3H3/t22-,26+,29+/m1/s1. The van der Waals surface area contributed by atoms with E-state index < -0.39 is 12.0 Å². The Morgan fingerprint density at radius 3 is 2.50 bits per heavy atom. The third kappa shape index (κ3) is 7.01. The second kappa shape index (κ2) is 14.2. The van der Waals surface area contributed by atoms with Crippen LogP contribution >= 0.6 is 0 Å². The minimum atomic E-state index is -0.557. The molecule has 1 aromatic heterocycles. The van der Waals surface area contributed by atoms with Gasteiger partial charge in [0, 0.05) is 25.7 Å². The van der Waals surface area contributed by atoms with Crippen LogP contribution in [0.2, 0.25) is 0 Å². The first kappa shape index (κ1) is 30.2. The zero-order valence-electron chi connectivity index (χ0n) is 25.4. The number of carbonyl (C=O) groups is 2. The number of aromatic nitrogens is 3. The van der Waals surface area contributed by atoms with Gasteiger partial charge in [0.05, 0.1) is 38.5 Å². The molecule has 3 heterocycles. The monoisotopic (exact) mass is 582 g/mol. The Labute approximate surface area is 249 Å². The van der Waals surface area contributed by atoms with Gasteiger partial charge < -0.3 is 23.8 Å². The van der Waals surface area contributed by atoms with Crippen molar-refractivity contribution in [2.24, 2.45) is 5.92 Å². The summed E-state index contributed by atoms with van der Waals surface area (Å²) in [5, 5.41) is 8.59. The number of hydrogen-bond acceptors (Lipinski definition) is 8. The molecule has 0 unspecified atom stereocenters. The molecule has 42 heavy (non-hydrogen) atoms. The van der Waals surface area contributed by atoms with Crippen LogP contribution in [-0.4, -0.2) is 71.3 Å². The molecule has 230 valence electrons. The second-order valence-electron chi connectivity index (χ2n) is 12.0. The van der Waals surface area contributed by atoms with E-state index in [1.165, 1.54) is 6.42 Å². The van der Waals surface area contributed by atoms with E-state index in [0.717, 1.165) is 75.5 Å². The van der Waals surface area contributed by atoms with Crippen molar-refractivity contribution in [1.82, 2.24) is 19.9 Å². The Balaban J connectivity index is 1.54. The van der Waals surface area contributed by atoms with E-state index in [4.69, 9.17) is 18.9 Å². The molecule has 3 aliphatic rings. The van der Waals surface area contributed by atoms with Gasteiger partial charge in [-0.1, -0.05) is 24.5 Å². The summed E-state index contributed by atoms with van der Waals surface area (Å²) in [7, 11) is 3.21. The number of piperidine rings is 1. The van der Waals surface area contributed by atoms with E-state index in [1.807, 2.05) is 34.8 Å². The Hall–Kier alpha value is -3.30. The quantitative estimate of drug-likeness (QED) is 0.462. The van der Waals surface area contributed by atoms with Gasteiger partial charge in [-0.2, -0.15) is 0 Å². The highest BCUT2D eigenvalue weighted by atomic mass is 16.5. The van der Waals surface area contributed by atoms with E-state index in [1.54, 1.807) is 14.2 Å². The first-order valence-corrected chi connectivity index (χ1v) is 15.8. The van der Waals surface area contributed by atoms with Crippen LogP contribution < -0.4 is 14.2 Å². The molecule has 2 aliphatic heterocycles. The van der Waals surface area contributed by atoms with Gasteiger partial charge in [0.1, 0.15) is 6.04 Å². The Kier molecular flexibility index (Phi) is 10.2. The highest BCUT2D eigenvalue weighted by molar-refractivity contribution is 5.89. The van der Waals surface area contributed by atoms with Gasteiger partial charge in [0.15, 0.2) is 11.5 Å². The Morgan fingerprint density at radius 2 is 1.71 bits per heavy atom. The molecule has 10 nitrogen and oxygen atoms in total. The maximum absolute atomic E-state index is 14.6. The highest BCUT2D eigenvalue weighted by Gasteiger charge is 2.41. The molecule has 0 N–H and O–H groups in total. The number of rotatable bonds is 3. The average molecular weight is 583 g/mol. The van der Waals surface area contributed by atoms with Crippen LogP contribution in [0.5, 0.6) is 17.2 Å². The van der Waals surface area contributed by atoms with E-state index in [0.29, 0.717) is 43.4 Å². The van der Waals surface area contributed by atoms with Crippen LogP contribution in [0, 0.1) is 5.92 Å². The number of ether oxygens (including phenoxy) is 4. The van der Waals surface area contributed by atoms with Gasteiger partial charge in [-0.15, -0.1) is 5.10 Å². The van der Waals surface area contributed by atoms with Gasteiger partial charge in [0.25, 0.3) is 0 Å². The summed E-state index contributed by atoms with van der Waals surface area (Å²) >= 11 is 0. The molecular formula is C32H46N4O6. The summed E-state index contributed by atoms with van der Waals surface area (Å²) in [4.78, 5) is 29.7. The number of fused-ring (bicyclic) bond motifs is 5. The highest BCUT2D eigenvalue weighted by Crippen LogP contribution is 2.45. The number of methoxy groups -OCH3 is 2. The lowest BCUT2D eigenvalue weighted by Gasteiger charge is -2.39. The molecule has 5 rings (SSSR count). The number of cyclic esters (lactones) is 1. The van der Waals surface area contributed by atoms with Gasteiger partial charge in [-0.25, -0.2) is 4.79 Å². The SMILES string of the molecule is COc1cc2cc(c1OC)O[C@H](C)CCn1cc(nn1)CCCCOC(=O)[C@@H]1CCCCN1C(=O)[C@H]2C1CCCCC1. The van der Waals surface area contributed by atoms with E-state index in [2.05, 4.69) is 10.3 Å². The number of nitrogens with zero attached hydrogens (tertiary/aromatic N) is 4. The van der Waals surface area contributed by atoms with Gasteiger partial charge in [-0.05, 0) is 81.9 Å². The predicted molar refractivity (Wildman–Crippen MR) is 157 cm³/mol. The average Bonchev–Trinajstić information content (AvgIpc) is 3.47. The van der Waals surface area contributed by atoms with E-state index >= 15 is 0 Å². The van der Waals surface area contributed by atoms with Crippen LogP contribution in [0.1, 0.15) is 94.7 Å². The van der Waals surface area contributed by atoms with E-state index in [9.17, 15) is 9.59 Å². The molecule has 0 spiro atoms. The first-order chi connectivity index (χ1) is 20.5. The molecule has 2 fully saturated rings. The third-order valence-electron chi connectivity index (χ3n) is 9.02. The van der Waals surface area contributed by atoms with Crippen molar-refractivity contribution in [3.8, 4) is 17.2 Å². The topological polar surface area (TPSA) is 105 Å². The number of carbonyl (C=O) groups excluding carboxylic acids is 2. The summed E-state index contributed by atoms with van der Waals surface area (Å²) in [6.07, 6.45) is 12.6. The van der Waals surface area contributed by atoms with Crippen LogP contribution in [0.25, 0.3) is 0 Å². The largest absolute Gasteiger partial charge is 0.493 e. The van der Waals surface area contributed by atoms with Crippen molar-refractivity contribution in [3.63, 3.8) is 0 Å². The van der Waals surface area contributed by atoms with Crippen molar-refractivity contribution >= 4 is 11.9 Å². The predicted octanol–water partition coefficient (Wildman–Crippen LogP) is 5.08. The zero-order valence-corrected chi connectivity index (χ0v) is 25.4. The maximum Gasteiger partial charge on any atom is 0.328 e. The number of esters is 1. The van der Waals surface area contributed by atoms with Gasteiger partial charge in [-0.3, -0.25) is 9.48 Å². The number of amides is 1. The number of benzene rings is 1. The molecule has 3 atom stereocenters. The summed E-state index contributed by atoms with van der Waals surface area (Å²) in [6, 6.07) is 3.32. The van der Waals surface area contributed by atoms with Crippen molar-refractivity contribution in [2.45, 2.75) is 109 Å². The van der Waals surface area contributed by atoms with Crippen LogP contribution in [0.4, 0.5) is 0 Å². The molecule has 0 radical (unpaired) electrons. The summed E-state index contributed by atoms with van der Waals surface area (Å²) in [5.74, 6) is 1.06. The third-order valence-corrected chi connectivity index (χ3v) is 9.02. The van der Waals surface area contributed by atoms with Crippen LogP contribution in [0.3, 0.4) is 0 Å². The van der Waals surface area contributed by atoms with Gasteiger partial charge >= 0.3 is 5.97 Å². The number of aryl methyl sites for hydroxylation is 2. The second-order valence-corrected chi connectivity index (χ2v) is 12.0. The molecule has 1 aromatic carbocycles. The molecule has 1 amide bonds. The smallest absolute Gasteiger partial charge is 0.328 e. The molecule has 10 heteroatoms. The summed E-state index contributed by atoms with van der Waals surface area (Å²) < 4.78 is 25.6. The maximum atomic E-state index is 14.6. The van der Waals surface area contributed by atoms with E-state index in [-0.39, 0.29) is 23.9 Å². The fourth-order valence-electron chi connectivity index (χ4n) is 6.75. The molecule has 4 bridgehead atoms. The van der Waals surface area contributed by atoms with Crippen molar-refractivity contribution in [1.29, 1.82) is 0 Å². The van der Waals surface area contributed by atoms with Crippen molar-refractivity contribution < 1.29 is 28.5 Å². The zero-order chi connectivity index (χ0) is 29.5. The first-order valence-electron chi connectivity index (χ1n) is 15.8. The normalized spacial score (nSPS) is 25.1. The molecular weight excluding hydrogens is 536 g/mol. The molecule has 1 saturated heterocycles. The molecule has 1 aliphatic carbocycles. The fraction of sp³-hybridized carbons (Fsp3) is 0.688. The fourth-order valence-corrected chi connectivity index (χ4v) is 6.75. The minimum Gasteiger partial charge on any atom is -0.493 e. The van der Waals surface area contributed by atoms with Crippen molar-refractivity contribution in [3.05, 3.63) is 29.6 Å². The lowest BCUT2D eigenvalue weighted by Crippen LogP contribution is -2.51. The lowest BCUT2D eigenvalue weighted by atomic mass is 9.75. The van der Waals surface area contributed by atoms with Crippen LogP contribution in [-0.2, 0) is 27.3 Å². The summed E-state index contributed by atoms with van der Waals surface area (Å²) in [6.45, 7) is 3.58. The minimum absolute atomic E-state index is 0.00343. The number of hydrogen-bond donors (Lipinski definition) is 0. The van der Waals surface area contributed by atoms with Crippen LogP contribution in [0.15, 0.2) is 18.3 Å².